The Kier molecular flexibility index (Phi) is 8.39. The summed E-state index contributed by atoms with van der Waals surface area (Å²) >= 11 is 12.4. The van der Waals surface area contributed by atoms with Crippen LogP contribution in [-0.2, 0) is 9.84 Å². The van der Waals surface area contributed by atoms with Crippen molar-refractivity contribution in [3.8, 4) is 11.5 Å². The fourth-order valence-corrected chi connectivity index (χ4v) is 4.28. The summed E-state index contributed by atoms with van der Waals surface area (Å²) in [6, 6.07) is 8.30. The molecule has 0 spiro atoms. The van der Waals surface area contributed by atoms with Crippen molar-refractivity contribution in [2.75, 3.05) is 19.8 Å². The summed E-state index contributed by atoms with van der Waals surface area (Å²) in [4.78, 5) is -0.0101. The van der Waals surface area contributed by atoms with Crippen LogP contribution in [-0.4, -0.2) is 44.6 Å². The van der Waals surface area contributed by atoms with Gasteiger partial charge < -0.3 is 19.7 Å². The molecular formula is C19H22Cl2O6S. The van der Waals surface area contributed by atoms with Crippen LogP contribution < -0.4 is 9.47 Å². The normalized spacial score (nSPS) is 12.6. The average Bonchev–Trinajstić information content (AvgIpc) is 2.68. The van der Waals surface area contributed by atoms with Crippen molar-refractivity contribution in [3.63, 3.8) is 0 Å². The average molecular weight is 449 g/mol. The Balaban J connectivity index is 2.22. The smallest absolute Gasteiger partial charge is 0.206 e. The summed E-state index contributed by atoms with van der Waals surface area (Å²) in [5, 5.41) is 18.3. The largest absolute Gasteiger partial charge is 0.491 e. The van der Waals surface area contributed by atoms with E-state index in [1.54, 1.807) is 0 Å². The zero-order chi connectivity index (χ0) is 20.7. The fraction of sp³-hybridized carbons (Fsp3) is 0.368. The van der Waals surface area contributed by atoms with Gasteiger partial charge in [0.2, 0.25) is 9.84 Å². The summed E-state index contributed by atoms with van der Waals surface area (Å²) in [7, 11) is -3.85. The minimum absolute atomic E-state index is 0.0364. The first kappa shape index (κ1) is 22.8. The van der Waals surface area contributed by atoms with Gasteiger partial charge in [-0.15, -0.1) is 0 Å². The van der Waals surface area contributed by atoms with Gasteiger partial charge in [-0.25, -0.2) is 8.42 Å². The number of ether oxygens (including phenoxy) is 2. The van der Waals surface area contributed by atoms with E-state index in [1.807, 2.05) is 6.92 Å². The van der Waals surface area contributed by atoms with Crippen LogP contribution in [0.1, 0.15) is 19.8 Å². The molecule has 0 aliphatic carbocycles. The Bertz CT molecular complexity index is 861. The molecule has 6 nitrogen and oxygen atoms in total. The number of benzene rings is 2. The van der Waals surface area contributed by atoms with Gasteiger partial charge in [-0.2, -0.15) is 0 Å². The molecule has 0 fully saturated rings. The van der Waals surface area contributed by atoms with E-state index < -0.39 is 22.5 Å². The van der Waals surface area contributed by atoms with Crippen molar-refractivity contribution in [2.45, 2.75) is 35.7 Å². The molecule has 0 bridgehead atoms. The van der Waals surface area contributed by atoms with E-state index in [0.29, 0.717) is 12.4 Å². The first-order chi connectivity index (χ1) is 13.3. The second kappa shape index (κ2) is 10.3. The Morgan fingerprint density at radius 2 is 1.64 bits per heavy atom. The van der Waals surface area contributed by atoms with E-state index in [-0.39, 0.29) is 32.2 Å². The first-order valence-electron chi connectivity index (χ1n) is 8.68. The molecule has 0 aromatic heterocycles. The summed E-state index contributed by atoms with van der Waals surface area (Å²) in [6.45, 7) is 1.93. The van der Waals surface area contributed by atoms with Crippen LogP contribution in [0.2, 0.25) is 10.0 Å². The lowest BCUT2D eigenvalue weighted by atomic mass is 10.3. The maximum atomic E-state index is 12.9. The van der Waals surface area contributed by atoms with Gasteiger partial charge in [-0.1, -0.05) is 36.5 Å². The van der Waals surface area contributed by atoms with Crippen LogP contribution in [0.15, 0.2) is 46.2 Å². The van der Waals surface area contributed by atoms with Crippen LogP contribution >= 0.6 is 23.2 Å². The molecule has 0 saturated carbocycles. The van der Waals surface area contributed by atoms with Gasteiger partial charge >= 0.3 is 0 Å². The lowest BCUT2D eigenvalue weighted by molar-refractivity contribution is 0.0536. The van der Waals surface area contributed by atoms with Crippen LogP contribution in [0.4, 0.5) is 0 Å². The molecule has 2 rings (SSSR count). The number of hydrogen-bond acceptors (Lipinski definition) is 6. The molecule has 1 atom stereocenters. The molecule has 0 aliphatic heterocycles. The van der Waals surface area contributed by atoms with Crippen molar-refractivity contribution < 1.29 is 28.1 Å². The number of sulfone groups is 1. The van der Waals surface area contributed by atoms with Crippen molar-refractivity contribution in [2.24, 2.45) is 0 Å². The highest BCUT2D eigenvalue weighted by molar-refractivity contribution is 7.91. The molecule has 28 heavy (non-hydrogen) atoms. The van der Waals surface area contributed by atoms with Gasteiger partial charge in [0.05, 0.1) is 33.0 Å². The quantitative estimate of drug-likeness (QED) is 0.537. The molecule has 1 unspecified atom stereocenters. The molecule has 0 radical (unpaired) electrons. The van der Waals surface area contributed by atoms with E-state index in [9.17, 15) is 13.5 Å². The molecule has 2 aromatic rings. The molecule has 0 amide bonds. The monoisotopic (exact) mass is 448 g/mol. The maximum Gasteiger partial charge on any atom is 0.206 e. The number of aliphatic hydroxyl groups excluding tert-OH is 2. The predicted molar refractivity (Wildman–Crippen MR) is 107 cm³/mol. The van der Waals surface area contributed by atoms with Crippen molar-refractivity contribution in [1.82, 2.24) is 0 Å². The fourth-order valence-electron chi connectivity index (χ4n) is 2.24. The number of halogens is 2. The van der Waals surface area contributed by atoms with Gasteiger partial charge in [-0.3, -0.25) is 0 Å². The molecule has 9 heteroatoms. The van der Waals surface area contributed by atoms with Gasteiger partial charge in [0, 0.05) is 0 Å². The van der Waals surface area contributed by atoms with Crippen LogP contribution in [0.5, 0.6) is 11.5 Å². The number of rotatable bonds is 10. The molecule has 2 N–H and O–H groups in total. The highest BCUT2D eigenvalue weighted by Crippen LogP contribution is 2.37. The van der Waals surface area contributed by atoms with E-state index in [1.165, 1.54) is 36.4 Å². The van der Waals surface area contributed by atoms with E-state index in [2.05, 4.69) is 0 Å². The molecule has 0 aliphatic rings. The number of unbranched alkanes of at least 4 members (excludes halogenated alkanes) is 1. The summed E-state index contributed by atoms with van der Waals surface area (Å²) < 4.78 is 36.5. The summed E-state index contributed by atoms with van der Waals surface area (Å²) in [6.07, 6.45) is 0.766. The SMILES string of the molecule is CCCCOc1c(Cl)cc(S(=O)(=O)c2ccc(OCC(O)CO)cc2)cc1Cl. The van der Waals surface area contributed by atoms with Crippen molar-refractivity contribution in [3.05, 3.63) is 46.4 Å². The van der Waals surface area contributed by atoms with Crippen LogP contribution in [0.3, 0.4) is 0 Å². The molecule has 0 heterocycles. The van der Waals surface area contributed by atoms with Gasteiger partial charge in [0.25, 0.3) is 0 Å². The molecule has 0 saturated heterocycles. The van der Waals surface area contributed by atoms with Crippen molar-refractivity contribution in [1.29, 1.82) is 0 Å². The van der Waals surface area contributed by atoms with Crippen molar-refractivity contribution >= 4 is 33.0 Å². The lowest BCUT2D eigenvalue weighted by Crippen LogP contribution is -2.21. The topological polar surface area (TPSA) is 93.1 Å². The lowest BCUT2D eigenvalue weighted by Gasteiger charge is -2.13. The second-order valence-corrected chi connectivity index (χ2v) is 8.80. The molecule has 2 aromatic carbocycles. The minimum atomic E-state index is -3.85. The Morgan fingerprint density at radius 3 is 2.18 bits per heavy atom. The van der Waals surface area contributed by atoms with E-state index in [4.69, 9.17) is 37.8 Å². The van der Waals surface area contributed by atoms with E-state index >= 15 is 0 Å². The zero-order valence-corrected chi connectivity index (χ0v) is 17.6. The van der Waals surface area contributed by atoms with Crippen LogP contribution in [0.25, 0.3) is 0 Å². The third-order valence-corrected chi connectivity index (χ3v) is 6.12. The third-order valence-electron chi connectivity index (χ3n) is 3.81. The standard InChI is InChI=1S/C19H22Cl2O6S/c1-2-3-8-26-19-17(20)9-16(10-18(19)21)28(24,25)15-6-4-14(5-7-15)27-12-13(23)11-22/h4-7,9-10,13,22-23H,2-3,8,11-12H2,1H3. The Labute approximate surface area is 174 Å². The predicted octanol–water partition coefficient (Wildman–Crippen LogP) is 3.74. The zero-order valence-electron chi connectivity index (χ0n) is 15.3. The van der Waals surface area contributed by atoms with Gasteiger partial charge in [0.1, 0.15) is 18.5 Å². The number of hydrogen-bond donors (Lipinski definition) is 2. The van der Waals surface area contributed by atoms with Crippen LogP contribution in [0, 0.1) is 0 Å². The minimum Gasteiger partial charge on any atom is -0.491 e. The maximum absolute atomic E-state index is 12.9. The van der Waals surface area contributed by atoms with E-state index in [0.717, 1.165) is 12.8 Å². The highest BCUT2D eigenvalue weighted by atomic mass is 35.5. The summed E-state index contributed by atoms with van der Waals surface area (Å²) in [5.41, 5.74) is 0. The first-order valence-corrected chi connectivity index (χ1v) is 10.9. The molecular weight excluding hydrogens is 427 g/mol. The highest BCUT2D eigenvalue weighted by Gasteiger charge is 2.21. The number of aliphatic hydroxyl groups is 2. The Hall–Kier alpha value is -1.51. The molecule has 154 valence electrons. The summed E-state index contributed by atoms with van der Waals surface area (Å²) in [5.74, 6) is 0.629. The van der Waals surface area contributed by atoms with Gasteiger partial charge in [0.15, 0.2) is 5.75 Å². The Morgan fingerprint density at radius 1 is 1.04 bits per heavy atom. The second-order valence-electron chi connectivity index (χ2n) is 6.04. The third kappa shape index (κ3) is 5.75. The van der Waals surface area contributed by atoms with Gasteiger partial charge in [-0.05, 0) is 42.8 Å².